The second-order valence-electron chi connectivity index (χ2n) is 5.78. The molecule has 0 bridgehead atoms. The maximum absolute atomic E-state index is 12.2. The number of nitrogens with zero attached hydrogens (tertiary/aromatic N) is 1. The van der Waals surface area contributed by atoms with Crippen LogP contribution in [0.3, 0.4) is 0 Å². The molecule has 1 atom stereocenters. The molecule has 2 aromatic heterocycles. The Morgan fingerprint density at radius 3 is 2.74 bits per heavy atom. The molecule has 6 heteroatoms. The molecule has 0 saturated carbocycles. The number of para-hydroxylation sites is 1. The number of aryl methyl sites for hydroxylation is 2. The first-order valence-corrected chi connectivity index (χ1v) is 9.92. The molecule has 0 amide bonds. The minimum absolute atomic E-state index is 0.110. The zero-order valence-electron chi connectivity index (χ0n) is 13.2. The van der Waals surface area contributed by atoms with E-state index in [4.69, 9.17) is 0 Å². The van der Waals surface area contributed by atoms with Crippen LogP contribution in [0.5, 0.6) is 0 Å². The Hall–Kier alpha value is -1.63. The Morgan fingerprint density at radius 1 is 1.22 bits per heavy atom. The van der Waals surface area contributed by atoms with Crippen LogP contribution < -0.4 is 4.72 Å². The molecule has 1 N–H and O–H groups in total. The molecule has 0 radical (unpaired) electrons. The molecule has 1 unspecified atom stereocenters. The predicted molar refractivity (Wildman–Crippen MR) is 95.3 cm³/mol. The van der Waals surface area contributed by atoms with E-state index in [0.29, 0.717) is 4.21 Å². The van der Waals surface area contributed by atoms with E-state index in [0.717, 1.165) is 12.8 Å². The van der Waals surface area contributed by atoms with Crippen LogP contribution >= 0.6 is 11.3 Å². The summed E-state index contributed by atoms with van der Waals surface area (Å²) in [6, 6.07) is 11.6. The summed E-state index contributed by atoms with van der Waals surface area (Å²) in [5.74, 6) is 0. The molecular weight excluding hydrogens is 328 g/mol. The quantitative estimate of drug-likeness (QED) is 0.741. The fraction of sp³-hybridized carbons (Fsp3) is 0.294. The third-order valence-corrected chi connectivity index (χ3v) is 6.93. The molecule has 0 aliphatic carbocycles. The van der Waals surface area contributed by atoms with Gasteiger partial charge in [0.25, 0.3) is 0 Å². The first-order chi connectivity index (χ1) is 11.0. The van der Waals surface area contributed by atoms with E-state index in [1.807, 2.05) is 26.1 Å². The van der Waals surface area contributed by atoms with Gasteiger partial charge < -0.3 is 4.57 Å². The summed E-state index contributed by atoms with van der Waals surface area (Å²) in [6.07, 6.45) is 3.74. The van der Waals surface area contributed by atoms with Crippen LogP contribution in [-0.2, 0) is 23.5 Å². The van der Waals surface area contributed by atoms with Crippen LogP contribution in [-0.4, -0.2) is 19.0 Å². The average Bonchev–Trinajstić information content (AvgIpc) is 3.14. The first kappa shape index (κ1) is 16.2. The fourth-order valence-corrected chi connectivity index (χ4v) is 5.08. The number of hydrogen-bond acceptors (Lipinski definition) is 3. The third kappa shape index (κ3) is 3.49. The summed E-state index contributed by atoms with van der Waals surface area (Å²) in [7, 11) is -1.36. The normalized spacial score (nSPS) is 13.5. The van der Waals surface area contributed by atoms with Gasteiger partial charge in [0.05, 0.1) is 0 Å². The van der Waals surface area contributed by atoms with Crippen molar-refractivity contribution in [3.8, 4) is 0 Å². The van der Waals surface area contributed by atoms with Gasteiger partial charge in [0.1, 0.15) is 4.21 Å². The molecule has 0 saturated heterocycles. The Bertz CT molecular complexity index is 896. The van der Waals surface area contributed by atoms with Crippen LogP contribution in [0.25, 0.3) is 10.9 Å². The van der Waals surface area contributed by atoms with Crippen molar-refractivity contribution in [2.45, 2.75) is 30.0 Å². The molecule has 3 aromatic rings. The largest absolute Gasteiger partial charge is 0.350 e. The fourth-order valence-electron chi connectivity index (χ4n) is 2.80. The molecule has 4 nitrogen and oxygen atoms in total. The number of fused-ring (bicyclic) bond motifs is 1. The lowest BCUT2D eigenvalue weighted by atomic mass is 10.1. The van der Waals surface area contributed by atoms with Crippen molar-refractivity contribution in [3.63, 3.8) is 0 Å². The zero-order valence-corrected chi connectivity index (χ0v) is 14.8. The summed E-state index contributed by atoms with van der Waals surface area (Å²) in [4.78, 5) is 0. The number of nitrogens with one attached hydrogen (secondary N) is 1. The van der Waals surface area contributed by atoms with Crippen LogP contribution in [0.1, 0.15) is 18.9 Å². The smallest absolute Gasteiger partial charge is 0.250 e. The molecule has 2 heterocycles. The van der Waals surface area contributed by atoms with Gasteiger partial charge in [-0.3, -0.25) is 0 Å². The van der Waals surface area contributed by atoms with Gasteiger partial charge in [-0.2, -0.15) is 0 Å². The van der Waals surface area contributed by atoms with Crippen molar-refractivity contribution in [1.29, 1.82) is 0 Å². The van der Waals surface area contributed by atoms with Crippen LogP contribution in [0.2, 0.25) is 0 Å². The lowest BCUT2D eigenvalue weighted by Gasteiger charge is -2.13. The highest BCUT2D eigenvalue weighted by Gasteiger charge is 2.18. The lowest BCUT2D eigenvalue weighted by Crippen LogP contribution is -2.32. The van der Waals surface area contributed by atoms with Crippen molar-refractivity contribution in [3.05, 3.63) is 53.5 Å². The predicted octanol–water partition coefficient (Wildman–Crippen LogP) is 3.54. The Morgan fingerprint density at radius 2 is 2.00 bits per heavy atom. The van der Waals surface area contributed by atoms with Gasteiger partial charge in [-0.25, -0.2) is 13.1 Å². The molecule has 122 valence electrons. The van der Waals surface area contributed by atoms with Crippen LogP contribution in [0.4, 0.5) is 0 Å². The topological polar surface area (TPSA) is 51.1 Å². The third-order valence-electron chi connectivity index (χ3n) is 3.94. The zero-order chi connectivity index (χ0) is 16.4. The number of benzene rings is 1. The van der Waals surface area contributed by atoms with E-state index in [1.165, 1.54) is 27.8 Å². The van der Waals surface area contributed by atoms with Crippen molar-refractivity contribution in [2.75, 3.05) is 0 Å². The summed E-state index contributed by atoms with van der Waals surface area (Å²) < 4.78 is 29.7. The molecule has 0 aliphatic heterocycles. The molecule has 0 fully saturated rings. The van der Waals surface area contributed by atoms with Crippen molar-refractivity contribution >= 4 is 32.3 Å². The number of hydrogen-bond donors (Lipinski definition) is 1. The minimum atomic E-state index is -3.39. The molecule has 0 aliphatic rings. The maximum Gasteiger partial charge on any atom is 0.250 e. The molecule has 1 aromatic carbocycles. The van der Waals surface area contributed by atoms with Gasteiger partial charge in [-0.1, -0.05) is 24.3 Å². The van der Waals surface area contributed by atoms with Crippen molar-refractivity contribution < 1.29 is 8.42 Å². The van der Waals surface area contributed by atoms with Gasteiger partial charge in [-0.15, -0.1) is 11.3 Å². The number of sulfonamides is 1. The number of thiophene rings is 1. The minimum Gasteiger partial charge on any atom is -0.350 e. The lowest BCUT2D eigenvalue weighted by molar-refractivity contribution is 0.549. The summed E-state index contributed by atoms with van der Waals surface area (Å²) in [6.45, 7) is 1.91. The summed E-state index contributed by atoms with van der Waals surface area (Å²) >= 11 is 1.24. The standard InChI is InChI=1S/C17H20N2O2S2/c1-13(18-23(20,21)17-8-5-11-22-17)9-10-14-12-19(2)16-7-4-3-6-15(14)16/h3-8,11-13,18H,9-10H2,1-2H3. The Kier molecular flexibility index (Phi) is 4.57. The van der Waals surface area contributed by atoms with Crippen LogP contribution in [0.15, 0.2) is 52.2 Å². The summed E-state index contributed by atoms with van der Waals surface area (Å²) in [5.41, 5.74) is 2.46. The van der Waals surface area contributed by atoms with Gasteiger partial charge in [0, 0.05) is 30.2 Å². The van der Waals surface area contributed by atoms with Gasteiger partial charge in [0.2, 0.25) is 10.0 Å². The number of rotatable bonds is 6. The Balaban J connectivity index is 1.68. The molecule has 23 heavy (non-hydrogen) atoms. The van der Waals surface area contributed by atoms with Crippen molar-refractivity contribution in [1.82, 2.24) is 9.29 Å². The molecule has 0 spiro atoms. The molecular formula is C17H20N2O2S2. The highest BCUT2D eigenvalue weighted by Crippen LogP contribution is 2.22. The number of aromatic nitrogens is 1. The van der Waals surface area contributed by atoms with E-state index in [1.54, 1.807) is 17.5 Å². The molecule has 3 rings (SSSR count). The van der Waals surface area contributed by atoms with E-state index >= 15 is 0 Å². The second-order valence-corrected chi connectivity index (χ2v) is 8.66. The highest BCUT2D eigenvalue weighted by atomic mass is 32.2. The summed E-state index contributed by atoms with van der Waals surface area (Å²) in [5, 5.41) is 3.01. The first-order valence-electron chi connectivity index (χ1n) is 7.56. The monoisotopic (exact) mass is 348 g/mol. The van der Waals surface area contributed by atoms with E-state index in [2.05, 4.69) is 27.6 Å². The van der Waals surface area contributed by atoms with Gasteiger partial charge in [-0.05, 0) is 42.8 Å². The van der Waals surface area contributed by atoms with E-state index in [9.17, 15) is 8.42 Å². The van der Waals surface area contributed by atoms with Crippen molar-refractivity contribution in [2.24, 2.45) is 7.05 Å². The average molecular weight is 348 g/mol. The van der Waals surface area contributed by atoms with E-state index in [-0.39, 0.29) is 6.04 Å². The van der Waals surface area contributed by atoms with Crippen LogP contribution in [0, 0.1) is 0 Å². The maximum atomic E-state index is 12.2. The Labute approximate surface area is 140 Å². The van der Waals surface area contributed by atoms with E-state index < -0.39 is 10.0 Å². The van der Waals surface area contributed by atoms with Gasteiger partial charge >= 0.3 is 0 Å². The second kappa shape index (κ2) is 6.47. The highest BCUT2D eigenvalue weighted by molar-refractivity contribution is 7.91. The SMILES string of the molecule is CC(CCc1cn(C)c2ccccc12)NS(=O)(=O)c1cccs1. The van der Waals surface area contributed by atoms with Gasteiger partial charge in [0.15, 0.2) is 0 Å².